The highest BCUT2D eigenvalue weighted by Gasteiger charge is 2.37. The fourth-order valence-electron chi connectivity index (χ4n) is 1.92. The lowest BCUT2D eigenvalue weighted by atomic mass is 10.2. The highest BCUT2D eigenvalue weighted by Crippen LogP contribution is 2.31. The molecular weight excluding hydrogens is 309 g/mol. The molecule has 2 rings (SSSR count). The average Bonchev–Trinajstić information content (AvgIpc) is 2.73. The van der Waals surface area contributed by atoms with Crippen molar-refractivity contribution < 1.29 is 27.3 Å². The topological polar surface area (TPSA) is 72.2 Å². The molecule has 0 aliphatic heterocycles. The lowest BCUT2D eigenvalue weighted by Crippen LogP contribution is -2.17. The third-order valence-corrected chi connectivity index (χ3v) is 3.61. The number of aryl methyl sites for hydroxylation is 1. The third-order valence-electron chi connectivity index (χ3n) is 2.85. The average molecular weight is 320 g/mol. The molecule has 1 atom stereocenters. The van der Waals surface area contributed by atoms with E-state index in [1.807, 2.05) is 0 Å². The molecule has 0 saturated carbocycles. The molecule has 0 amide bonds. The summed E-state index contributed by atoms with van der Waals surface area (Å²) >= 11 is 0. The predicted molar refractivity (Wildman–Crippen MR) is 70.6 cm³/mol. The molecule has 0 aliphatic carbocycles. The Balaban J connectivity index is 2.64. The van der Waals surface area contributed by atoms with Gasteiger partial charge in [0.05, 0.1) is 16.6 Å². The van der Waals surface area contributed by atoms with Gasteiger partial charge >= 0.3 is 12.1 Å². The summed E-state index contributed by atoms with van der Waals surface area (Å²) in [6.07, 6.45) is -3.29. The summed E-state index contributed by atoms with van der Waals surface area (Å²) in [7, 11) is -1.27. The number of imidazole rings is 1. The van der Waals surface area contributed by atoms with Gasteiger partial charge in [-0.15, -0.1) is 0 Å². The van der Waals surface area contributed by atoms with Crippen LogP contribution in [-0.4, -0.2) is 36.8 Å². The fraction of sp³-hybridized carbons (Fsp3) is 0.333. The van der Waals surface area contributed by atoms with E-state index in [1.54, 1.807) is 0 Å². The van der Waals surface area contributed by atoms with Gasteiger partial charge in [0.2, 0.25) is 5.82 Å². The van der Waals surface area contributed by atoms with E-state index in [4.69, 9.17) is 5.11 Å². The van der Waals surface area contributed by atoms with Gasteiger partial charge in [0.1, 0.15) is 0 Å². The van der Waals surface area contributed by atoms with E-state index in [0.717, 1.165) is 10.6 Å². The molecular formula is C12H11F3N2O3S. The van der Waals surface area contributed by atoms with Crippen LogP contribution >= 0.6 is 0 Å². The van der Waals surface area contributed by atoms with Crippen molar-refractivity contribution in [3.05, 3.63) is 29.6 Å². The second kappa shape index (κ2) is 5.47. The molecule has 2 aromatic rings. The number of halogens is 3. The summed E-state index contributed by atoms with van der Waals surface area (Å²) in [4.78, 5) is 14.4. The van der Waals surface area contributed by atoms with Crippen molar-refractivity contribution in [1.29, 1.82) is 0 Å². The Morgan fingerprint density at radius 1 is 1.43 bits per heavy atom. The number of carbonyl (C=O) groups is 1. The lowest BCUT2D eigenvalue weighted by Gasteiger charge is -2.10. The van der Waals surface area contributed by atoms with Crippen LogP contribution in [-0.2, 0) is 23.5 Å². The Bertz CT molecular complexity index is 724. The normalized spacial score (nSPS) is 13.5. The number of benzene rings is 1. The Morgan fingerprint density at radius 3 is 2.62 bits per heavy atom. The van der Waals surface area contributed by atoms with Crippen molar-refractivity contribution in [2.75, 3.05) is 12.0 Å². The molecule has 5 nitrogen and oxygen atoms in total. The van der Waals surface area contributed by atoms with E-state index in [1.165, 1.54) is 18.4 Å². The molecule has 0 fully saturated rings. The van der Waals surface area contributed by atoms with Crippen LogP contribution in [0.2, 0.25) is 0 Å². The van der Waals surface area contributed by atoms with Gasteiger partial charge in [-0.05, 0) is 18.2 Å². The van der Waals surface area contributed by atoms with Crippen LogP contribution in [0.15, 0.2) is 18.2 Å². The molecule has 1 N–H and O–H groups in total. The Labute approximate surface area is 119 Å². The van der Waals surface area contributed by atoms with Gasteiger partial charge in [-0.1, -0.05) is 0 Å². The number of aromatic nitrogens is 2. The minimum atomic E-state index is -4.67. The number of nitrogens with zero attached hydrogens (tertiary/aromatic N) is 2. The van der Waals surface area contributed by atoms with Crippen molar-refractivity contribution in [2.45, 2.75) is 12.7 Å². The van der Waals surface area contributed by atoms with Gasteiger partial charge in [0.25, 0.3) is 0 Å². The molecule has 0 radical (unpaired) electrons. The third kappa shape index (κ3) is 3.23. The monoisotopic (exact) mass is 320 g/mol. The Morgan fingerprint density at radius 2 is 2.10 bits per heavy atom. The maximum absolute atomic E-state index is 13.0. The van der Waals surface area contributed by atoms with Gasteiger partial charge in [-0.25, -0.2) is 9.78 Å². The first-order valence-corrected chi connectivity index (χ1v) is 7.53. The smallest absolute Gasteiger partial charge is 0.449 e. The standard InChI is InChI=1S/C12H11F3N2O3S/c1-21(20)5-4-17-9-6-7(10(18)19)2-3-8(9)16-11(17)12(13,14)15/h2-3,6H,4-5H2,1H3,(H,18,19). The van der Waals surface area contributed by atoms with Crippen LogP contribution < -0.4 is 0 Å². The fourth-order valence-corrected chi connectivity index (χ4v) is 2.36. The summed E-state index contributed by atoms with van der Waals surface area (Å²) in [6.45, 7) is -0.155. The molecule has 1 unspecified atom stereocenters. The number of alkyl halides is 3. The Hall–Kier alpha value is -1.90. The second-order valence-corrected chi connectivity index (χ2v) is 5.93. The molecule has 0 bridgehead atoms. The summed E-state index contributed by atoms with van der Waals surface area (Å²) in [6, 6.07) is 3.56. The molecule has 1 aromatic heterocycles. The van der Waals surface area contributed by atoms with E-state index in [2.05, 4.69) is 4.98 Å². The molecule has 114 valence electrons. The Kier molecular flexibility index (Phi) is 4.04. The number of aromatic carboxylic acids is 1. The van der Waals surface area contributed by atoms with Gasteiger partial charge in [0, 0.05) is 29.4 Å². The van der Waals surface area contributed by atoms with Crippen LogP contribution in [0.1, 0.15) is 16.2 Å². The maximum atomic E-state index is 13.0. The van der Waals surface area contributed by atoms with E-state index in [9.17, 15) is 22.2 Å². The van der Waals surface area contributed by atoms with Gasteiger partial charge in [0.15, 0.2) is 0 Å². The van der Waals surface area contributed by atoms with Crippen LogP contribution in [0.25, 0.3) is 11.0 Å². The van der Waals surface area contributed by atoms with Crippen molar-refractivity contribution in [3.8, 4) is 0 Å². The van der Waals surface area contributed by atoms with Crippen LogP contribution in [0.3, 0.4) is 0 Å². The quantitative estimate of drug-likeness (QED) is 0.937. The van der Waals surface area contributed by atoms with Crippen molar-refractivity contribution in [2.24, 2.45) is 0 Å². The van der Waals surface area contributed by atoms with Crippen LogP contribution in [0, 0.1) is 0 Å². The molecule has 0 saturated heterocycles. The van der Waals surface area contributed by atoms with E-state index < -0.39 is 28.8 Å². The lowest BCUT2D eigenvalue weighted by molar-refractivity contribution is -0.146. The number of fused-ring (bicyclic) bond motifs is 1. The van der Waals surface area contributed by atoms with E-state index in [0.29, 0.717) is 0 Å². The number of rotatable bonds is 4. The first-order chi connectivity index (χ1) is 9.70. The van der Waals surface area contributed by atoms with Crippen LogP contribution in [0.5, 0.6) is 0 Å². The van der Waals surface area contributed by atoms with Crippen LogP contribution in [0.4, 0.5) is 13.2 Å². The highest BCUT2D eigenvalue weighted by atomic mass is 32.2. The molecule has 0 aliphatic rings. The zero-order chi connectivity index (χ0) is 15.8. The van der Waals surface area contributed by atoms with Gasteiger partial charge in [-0.3, -0.25) is 4.21 Å². The second-order valence-electron chi connectivity index (χ2n) is 4.37. The molecule has 21 heavy (non-hydrogen) atoms. The molecule has 9 heteroatoms. The minimum absolute atomic E-state index is 0.0197. The summed E-state index contributed by atoms with van der Waals surface area (Å²) in [5.41, 5.74) is -0.0168. The minimum Gasteiger partial charge on any atom is -0.478 e. The zero-order valence-electron chi connectivity index (χ0n) is 10.8. The van der Waals surface area contributed by atoms with Crippen molar-refractivity contribution in [3.63, 3.8) is 0 Å². The zero-order valence-corrected chi connectivity index (χ0v) is 11.7. The highest BCUT2D eigenvalue weighted by molar-refractivity contribution is 7.84. The van der Waals surface area contributed by atoms with Crippen molar-refractivity contribution in [1.82, 2.24) is 9.55 Å². The van der Waals surface area contributed by atoms with E-state index in [-0.39, 0.29) is 28.9 Å². The van der Waals surface area contributed by atoms with Crippen molar-refractivity contribution >= 4 is 27.8 Å². The summed E-state index contributed by atoms with van der Waals surface area (Å²) in [5.74, 6) is -2.34. The van der Waals surface area contributed by atoms with Gasteiger partial charge in [-0.2, -0.15) is 13.2 Å². The number of carboxylic acid groups (broad SMARTS) is 1. The van der Waals surface area contributed by atoms with E-state index >= 15 is 0 Å². The SMILES string of the molecule is CS(=O)CCn1c(C(F)(F)F)nc2ccc(C(=O)O)cc21. The summed E-state index contributed by atoms with van der Waals surface area (Å²) in [5, 5.41) is 8.92. The number of hydrogen-bond donors (Lipinski definition) is 1. The number of carboxylic acids is 1. The summed E-state index contributed by atoms with van der Waals surface area (Å²) < 4.78 is 51.0. The number of hydrogen-bond acceptors (Lipinski definition) is 3. The first-order valence-electron chi connectivity index (χ1n) is 5.81. The van der Waals surface area contributed by atoms with Gasteiger partial charge < -0.3 is 9.67 Å². The molecule has 1 heterocycles. The molecule has 1 aromatic carbocycles. The molecule has 0 spiro atoms. The predicted octanol–water partition coefficient (Wildman–Crippen LogP) is 2.13. The largest absolute Gasteiger partial charge is 0.478 e. The first kappa shape index (κ1) is 15.5. The maximum Gasteiger partial charge on any atom is 0.449 e.